The molecule has 0 amide bonds. The molecule has 1 heterocycles. The van der Waals surface area contributed by atoms with E-state index in [0.29, 0.717) is 6.54 Å². The number of rotatable bonds is 7. The monoisotopic (exact) mass is 350 g/mol. The van der Waals surface area contributed by atoms with Crippen molar-refractivity contribution in [3.63, 3.8) is 0 Å². The lowest BCUT2D eigenvalue weighted by Gasteiger charge is -2.22. The van der Waals surface area contributed by atoms with E-state index in [2.05, 4.69) is 57.1 Å². The van der Waals surface area contributed by atoms with Gasteiger partial charge in [-0.25, -0.2) is 0 Å². The molecule has 0 bridgehead atoms. The van der Waals surface area contributed by atoms with E-state index >= 15 is 0 Å². The van der Waals surface area contributed by atoms with Gasteiger partial charge in [0.15, 0.2) is 0 Å². The van der Waals surface area contributed by atoms with Crippen molar-refractivity contribution in [1.82, 2.24) is 14.7 Å². The molecule has 21 heavy (non-hydrogen) atoms. The highest BCUT2D eigenvalue weighted by molar-refractivity contribution is 9.10. The number of aryl methyl sites for hydroxylation is 2. The number of nitrogens with two attached hydrogens (primary N) is 1. The Labute approximate surface area is 135 Å². The number of nitrogens with zero attached hydrogens (tertiary/aromatic N) is 3. The molecule has 2 rings (SSSR count). The van der Waals surface area contributed by atoms with Crippen LogP contribution in [0.3, 0.4) is 0 Å². The molecule has 1 aromatic heterocycles. The van der Waals surface area contributed by atoms with Gasteiger partial charge in [-0.2, -0.15) is 5.10 Å². The number of benzene rings is 1. The van der Waals surface area contributed by atoms with Gasteiger partial charge in [-0.1, -0.05) is 37.3 Å². The van der Waals surface area contributed by atoms with Gasteiger partial charge in [-0.3, -0.25) is 9.58 Å². The van der Waals surface area contributed by atoms with Crippen molar-refractivity contribution >= 4 is 15.9 Å². The molecule has 114 valence electrons. The van der Waals surface area contributed by atoms with Crippen LogP contribution in [0.4, 0.5) is 0 Å². The molecular formula is C16H23BrN4. The minimum Gasteiger partial charge on any atom is -0.329 e. The maximum Gasteiger partial charge on any atom is 0.0767 e. The Morgan fingerprint density at radius 3 is 2.52 bits per heavy atom. The average molecular weight is 351 g/mol. The van der Waals surface area contributed by atoms with Gasteiger partial charge in [0, 0.05) is 33.2 Å². The zero-order valence-corrected chi connectivity index (χ0v) is 14.3. The fraction of sp³-hybridized carbons (Fsp3) is 0.438. The Bertz CT molecular complexity index is 565. The van der Waals surface area contributed by atoms with Crippen LogP contribution < -0.4 is 5.73 Å². The van der Waals surface area contributed by atoms with Crippen molar-refractivity contribution in [3.05, 3.63) is 51.8 Å². The fourth-order valence-electron chi connectivity index (χ4n) is 2.44. The third-order valence-corrected chi connectivity index (χ3v) is 4.49. The van der Waals surface area contributed by atoms with Crippen LogP contribution in [0.25, 0.3) is 0 Å². The second-order valence-corrected chi connectivity index (χ2v) is 5.96. The first-order valence-corrected chi connectivity index (χ1v) is 8.11. The molecule has 0 radical (unpaired) electrons. The van der Waals surface area contributed by atoms with E-state index in [1.165, 1.54) is 11.3 Å². The van der Waals surface area contributed by atoms with E-state index in [-0.39, 0.29) is 0 Å². The Hall–Kier alpha value is -1.17. The highest BCUT2D eigenvalue weighted by atomic mass is 79.9. The van der Waals surface area contributed by atoms with Crippen LogP contribution in [-0.4, -0.2) is 27.8 Å². The smallest absolute Gasteiger partial charge is 0.0767 e. The van der Waals surface area contributed by atoms with E-state index in [1.807, 2.05) is 17.8 Å². The number of aromatic nitrogens is 2. The minimum atomic E-state index is 0.656. The second-order valence-electron chi connectivity index (χ2n) is 5.17. The zero-order chi connectivity index (χ0) is 15.2. The van der Waals surface area contributed by atoms with E-state index in [1.54, 1.807) is 0 Å². The summed E-state index contributed by atoms with van der Waals surface area (Å²) >= 11 is 3.69. The number of halogens is 1. The van der Waals surface area contributed by atoms with Gasteiger partial charge in [0.2, 0.25) is 0 Å². The van der Waals surface area contributed by atoms with Crippen LogP contribution in [0.5, 0.6) is 0 Å². The quantitative estimate of drug-likeness (QED) is 0.834. The Morgan fingerprint density at radius 2 is 1.95 bits per heavy atom. The molecule has 4 nitrogen and oxygen atoms in total. The van der Waals surface area contributed by atoms with Crippen LogP contribution >= 0.6 is 15.9 Å². The minimum absolute atomic E-state index is 0.656. The molecule has 0 aliphatic rings. The largest absolute Gasteiger partial charge is 0.329 e. The molecule has 2 aromatic rings. The van der Waals surface area contributed by atoms with Gasteiger partial charge in [0.1, 0.15) is 0 Å². The summed E-state index contributed by atoms with van der Waals surface area (Å²) in [7, 11) is 2.00. The van der Waals surface area contributed by atoms with Crippen LogP contribution in [0.2, 0.25) is 0 Å². The van der Waals surface area contributed by atoms with Crippen LogP contribution in [-0.2, 0) is 26.6 Å². The summed E-state index contributed by atoms with van der Waals surface area (Å²) in [6.07, 6.45) is 0.935. The van der Waals surface area contributed by atoms with Crippen molar-refractivity contribution in [2.75, 3.05) is 13.1 Å². The van der Waals surface area contributed by atoms with Gasteiger partial charge in [0.05, 0.1) is 15.9 Å². The Balaban J connectivity index is 2.14. The first kappa shape index (κ1) is 16.2. The summed E-state index contributed by atoms with van der Waals surface area (Å²) in [6.45, 7) is 5.39. The molecule has 5 heteroatoms. The van der Waals surface area contributed by atoms with Crippen molar-refractivity contribution in [2.45, 2.75) is 26.4 Å². The fourth-order valence-corrected chi connectivity index (χ4v) is 3.18. The molecule has 0 atom stereocenters. The SMILES string of the molecule is CCc1nn(C)c(CN(CCN)Cc2ccccc2)c1Br. The lowest BCUT2D eigenvalue weighted by Crippen LogP contribution is -2.29. The molecule has 0 saturated heterocycles. The Kier molecular flexibility index (Phi) is 5.96. The molecule has 2 N–H and O–H groups in total. The van der Waals surface area contributed by atoms with E-state index in [0.717, 1.165) is 36.2 Å². The maximum atomic E-state index is 5.77. The summed E-state index contributed by atoms with van der Waals surface area (Å²) in [5.41, 5.74) is 9.39. The van der Waals surface area contributed by atoms with Crippen LogP contribution in [0, 0.1) is 0 Å². The van der Waals surface area contributed by atoms with Crippen molar-refractivity contribution in [1.29, 1.82) is 0 Å². The van der Waals surface area contributed by atoms with Gasteiger partial charge in [-0.05, 0) is 27.9 Å². The number of hydrogen-bond donors (Lipinski definition) is 1. The zero-order valence-electron chi connectivity index (χ0n) is 12.7. The highest BCUT2D eigenvalue weighted by Gasteiger charge is 2.16. The topological polar surface area (TPSA) is 47.1 Å². The molecule has 0 aliphatic carbocycles. The predicted molar refractivity (Wildman–Crippen MR) is 89.9 cm³/mol. The van der Waals surface area contributed by atoms with Crippen molar-refractivity contribution in [3.8, 4) is 0 Å². The normalized spacial score (nSPS) is 11.3. The van der Waals surface area contributed by atoms with E-state index in [4.69, 9.17) is 5.73 Å². The third-order valence-electron chi connectivity index (χ3n) is 3.57. The van der Waals surface area contributed by atoms with Gasteiger partial charge in [0.25, 0.3) is 0 Å². The van der Waals surface area contributed by atoms with Gasteiger partial charge in [-0.15, -0.1) is 0 Å². The lowest BCUT2D eigenvalue weighted by atomic mass is 10.2. The first-order chi connectivity index (χ1) is 10.2. The molecule has 0 unspecified atom stereocenters. The molecule has 0 spiro atoms. The summed E-state index contributed by atoms with van der Waals surface area (Å²) in [6, 6.07) is 10.5. The van der Waals surface area contributed by atoms with Crippen LogP contribution in [0.15, 0.2) is 34.8 Å². The standard InChI is InChI=1S/C16H23BrN4/c1-3-14-16(17)15(20(2)19-14)12-21(10-9-18)11-13-7-5-4-6-8-13/h4-8H,3,9-12,18H2,1-2H3. The summed E-state index contributed by atoms with van der Waals surface area (Å²) in [5, 5.41) is 4.56. The highest BCUT2D eigenvalue weighted by Crippen LogP contribution is 2.23. The lowest BCUT2D eigenvalue weighted by molar-refractivity contribution is 0.257. The first-order valence-electron chi connectivity index (χ1n) is 7.32. The molecule has 0 saturated carbocycles. The molecule has 1 aromatic carbocycles. The van der Waals surface area contributed by atoms with Gasteiger partial charge < -0.3 is 5.73 Å². The average Bonchev–Trinajstić information content (AvgIpc) is 2.76. The van der Waals surface area contributed by atoms with Crippen LogP contribution in [0.1, 0.15) is 23.9 Å². The Morgan fingerprint density at radius 1 is 1.24 bits per heavy atom. The molecule has 0 aliphatic heterocycles. The van der Waals surface area contributed by atoms with Crippen molar-refractivity contribution < 1.29 is 0 Å². The summed E-state index contributed by atoms with van der Waals surface area (Å²) < 4.78 is 3.10. The molecular weight excluding hydrogens is 328 g/mol. The van der Waals surface area contributed by atoms with E-state index in [9.17, 15) is 0 Å². The maximum absolute atomic E-state index is 5.77. The van der Waals surface area contributed by atoms with Crippen molar-refractivity contribution in [2.24, 2.45) is 12.8 Å². The van der Waals surface area contributed by atoms with Gasteiger partial charge >= 0.3 is 0 Å². The third kappa shape index (κ3) is 4.15. The second kappa shape index (κ2) is 7.73. The van der Waals surface area contributed by atoms with E-state index < -0.39 is 0 Å². The molecule has 0 fully saturated rings. The predicted octanol–water partition coefficient (Wildman–Crippen LogP) is 2.71. The summed E-state index contributed by atoms with van der Waals surface area (Å²) in [5.74, 6) is 0. The summed E-state index contributed by atoms with van der Waals surface area (Å²) in [4.78, 5) is 2.36. The number of hydrogen-bond acceptors (Lipinski definition) is 3.